The van der Waals surface area contributed by atoms with Crippen LogP contribution >= 0.6 is 0 Å². The van der Waals surface area contributed by atoms with E-state index in [0.29, 0.717) is 17.4 Å². The third-order valence-electron chi connectivity index (χ3n) is 2.80. The largest absolute Gasteiger partial charge is 0.298 e. The lowest BCUT2D eigenvalue weighted by Crippen LogP contribution is -1.88. The van der Waals surface area contributed by atoms with Gasteiger partial charge in [0.2, 0.25) is 0 Å². The number of hydrogen-bond donors (Lipinski definition) is 0. The molecule has 0 heterocycles. The van der Waals surface area contributed by atoms with Crippen LogP contribution in [0.15, 0.2) is 42.5 Å². The number of rotatable bonds is 3. The van der Waals surface area contributed by atoms with Gasteiger partial charge in [0.05, 0.1) is 0 Å². The van der Waals surface area contributed by atoms with Crippen LogP contribution in [0.4, 0.5) is 4.39 Å². The Balaban J connectivity index is 2.41. The van der Waals surface area contributed by atoms with Crippen molar-refractivity contribution in [3.8, 4) is 11.1 Å². The second-order valence-corrected chi connectivity index (χ2v) is 3.91. The minimum Gasteiger partial charge on any atom is -0.298 e. The highest BCUT2D eigenvalue weighted by molar-refractivity contribution is 5.77. The topological polar surface area (TPSA) is 17.1 Å². The van der Waals surface area contributed by atoms with E-state index in [9.17, 15) is 9.18 Å². The molecule has 86 valence electrons. The summed E-state index contributed by atoms with van der Waals surface area (Å²) in [5.41, 5.74) is 2.94. The monoisotopic (exact) mass is 228 g/mol. The van der Waals surface area contributed by atoms with Gasteiger partial charge in [-0.3, -0.25) is 4.79 Å². The predicted octanol–water partition coefficient (Wildman–Crippen LogP) is 3.87. The molecule has 2 aromatic carbocycles. The van der Waals surface area contributed by atoms with Gasteiger partial charge >= 0.3 is 0 Å². The molecule has 0 spiro atoms. The number of benzene rings is 2. The molecule has 2 rings (SSSR count). The molecule has 2 heteroatoms. The fourth-order valence-electron chi connectivity index (χ4n) is 1.76. The first kappa shape index (κ1) is 11.5. The number of carbonyl (C=O) groups excluding carboxylic acids is 1. The van der Waals surface area contributed by atoms with Crippen LogP contribution in [0.5, 0.6) is 0 Å². The quantitative estimate of drug-likeness (QED) is 0.729. The zero-order valence-corrected chi connectivity index (χ0v) is 9.61. The van der Waals surface area contributed by atoms with E-state index in [1.807, 2.05) is 24.3 Å². The van der Waals surface area contributed by atoms with Crippen LogP contribution in [-0.4, -0.2) is 6.29 Å². The molecule has 0 amide bonds. The van der Waals surface area contributed by atoms with E-state index in [2.05, 4.69) is 6.92 Å². The van der Waals surface area contributed by atoms with E-state index in [4.69, 9.17) is 0 Å². The van der Waals surface area contributed by atoms with E-state index < -0.39 is 0 Å². The first-order chi connectivity index (χ1) is 8.24. The van der Waals surface area contributed by atoms with Crippen molar-refractivity contribution in [3.05, 3.63) is 59.4 Å². The minimum absolute atomic E-state index is 0.358. The van der Waals surface area contributed by atoms with Gasteiger partial charge < -0.3 is 0 Å². The molecule has 0 unspecified atom stereocenters. The fourth-order valence-corrected chi connectivity index (χ4v) is 1.76. The molecule has 0 aliphatic carbocycles. The van der Waals surface area contributed by atoms with E-state index in [-0.39, 0.29) is 5.82 Å². The van der Waals surface area contributed by atoms with Gasteiger partial charge in [0.1, 0.15) is 12.1 Å². The summed E-state index contributed by atoms with van der Waals surface area (Å²) in [6.07, 6.45) is 1.61. The van der Waals surface area contributed by atoms with E-state index >= 15 is 0 Å². The van der Waals surface area contributed by atoms with Crippen LogP contribution in [0.25, 0.3) is 11.1 Å². The zero-order valence-electron chi connectivity index (χ0n) is 9.61. The van der Waals surface area contributed by atoms with Gasteiger partial charge in [-0.1, -0.05) is 43.3 Å². The Labute approximate surface area is 99.9 Å². The van der Waals surface area contributed by atoms with Crippen LogP contribution < -0.4 is 0 Å². The molecule has 0 saturated carbocycles. The highest BCUT2D eigenvalue weighted by atomic mass is 19.1. The standard InChI is InChI=1S/C15H13FO/c1-2-11-3-6-13(7-4-11)14-8-5-12(10-17)9-15(14)16/h3-10H,2H2,1H3. The van der Waals surface area contributed by atoms with E-state index in [0.717, 1.165) is 12.0 Å². The summed E-state index contributed by atoms with van der Waals surface area (Å²) in [5.74, 6) is -0.362. The van der Waals surface area contributed by atoms with Gasteiger partial charge in [-0.15, -0.1) is 0 Å². The average Bonchev–Trinajstić information content (AvgIpc) is 2.39. The van der Waals surface area contributed by atoms with Gasteiger partial charge in [0.15, 0.2) is 0 Å². The number of aldehydes is 1. The first-order valence-electron chi connectivity index (χ1n) is 5.58. The molecule has 0 aliphatic rings. The van der Waals surface area contributed by atoms with E-state index in [1.54, 1.807) is 12.1 Å². The zero-order chi connectivity index (χ0) is 12.3. The van der Waals surface area contributed by atoms with Crippen molar-refractivity contribution in [3.63, 3.8) is 0 Å². The third-order valence-corrected chi connectivity index (χ3v) is 2.80. The molecule has 17 heavy (non-hydrogen) atoms. The van der Waals surface area contributed by atoms with Crippen molar-refractivity contribution in [1.82, 2.24) is 0 Å². The lowest BCUT2D eigenvalue weighted by atomic mass is 10.0. The summed E-state index contributed by atoms with van der Waals surface area (Å²) < 4.78 is 13.7. The number of hydrogen-bond acceptors (Lipinski definition) is 1. The third kappa shape index (κ3) is 2.41. The van der Waals surface area contributed by atoms with Crippen molar-refractivity contribution in [2.24, 2.45) is 0 Å². The van der Waals surface area contributed by atoms with Crippen LogP contribution in [0.1, 0.15) is 22.8 Å². The Morgan fingerprint density at radius 3 is 2.35 bits per heavy atom. The maximum atomic E-state index is 13.7. The second-order valence-electron chi connectivity index (χ2n) is 3.91. The van der Waals surface area contributed by atoms with Crippen molar-refractivity contribution in [2.45, 2.75) is 13.3 Å². The predicted molar refractivity (Wildman–Crippen MR) is 66.6 cm³/mol. The second kappa shape index (κ2) is 4.91. The van der Waals surface area contributed by atoms with Gasteiger partial charge in [-0.05, 0) is 23.6 Å². The van der Waals surface area contributed by atoms with Gasteiger partial charge in [-0.2, -0.15) is 0 Å². The summed E-state index contributed by atoms with van der Waals surface area (Å²) >= 11 is 0. The summed E-state index contributed by atoms with van der Waals surface area (Å²) in [6, 6.07) is 12.3. The molecule has 0 saturated heterocycles. The molecule has 0 atom stereocenters. The Bertz CT molecular complexity index is 529. The van der Waals surface area contributed by atoms with Gasteiger partial charge in [-0.25, -0.2) is 4.39 Å². The molecule has 0 aromatic heterocycles. The smallest absolute Gasteiger partial charge is 0.150 e. The molecular weight excluding hydrogens is 215 g/mol. The summed E-state index contributed by atoms with van der Waals surface area (Å²) in [6.45, 7) is 2.08. The van der Waals surface area contributed by atoms with E-state index in [1.165, 1.54) is 11.6 Å². The summed E-state index contributed by atoms with van der Waals surface area (Å²) in [4.78, 5) is 10.5. The Kier molecular flexibility index (Phi) is 3.33. The summed E-state index contributed by atoms with van der Waals surface area (Å²) in [5, 5.41) is 0. The molecule has 0 aliphatic heterocycles. The highest BCUT2D eigenvalue weighted by Gasteiger charge is 2.05. The number of aryl methyl sites for hydroxylation is 1. The normalized spacial score (nSPS) is 10.2. The maximum absolute atomic E-state index is 13.7. The van der Waals surface area contributed by atoms with Crippen LogP contribution in [0.3, 0.4) is 0 Å². The number of halogens is 1. The Morgan fingerprint density at radius 2 is 1.82 bits per heavy atom. The molecular formula is C15H13FO. The van der Waals surface area contributed by atoms with Crippen molar-refractivity contribution >= 4 is 6.29 Å². The molecule has 0 radical (unpaired) electrons. The lowest BCUT2D eigenvalue weighted by molar-refractivity contribution is 0.112. The summed E-state index contributed by atoms with van der Waals surface area (Å²) in [7, 11) is 0. The molecule has 2 aromatic rings. The Morgan fingerprint density at radius 1 is 1.12 bits per heavy atom. The average molecular weight is 228 g/mol. The van der Waals surface area contributed by atoms with Gasteiger partial charge in [0, 0.05) is 11.1 Å². The maximum Gasteiger partial charge on any atom is 0.150 e. The molecule has 1 nitrogen and oxygen atoms in total. The minimum atomic E-state index is -0.362. The molecule has 0 fully saturated rings. The lowest BCUT2D eigenvalue weighted by Gasteiger charge is -2.05. The van der Waals surface area contributed by atoms with Crippen molar-refractivity contribution < 1.29 is 9.18 Å². The fraction of sp³-hybridized carbons (Fsp3) is 0.133. The Hall–Kier alpha value is -1.96. The molecule has 0 bridgehead atoms. The van der Waals surface area contributed by atoms with Crippen molar-refractivity contribution in [2.75, 3.05) is 0 Å². The molecule has 0 N–H and O–H groups in total. The SMILES string of the molecule is CCc1ccc(-c2ccc(C=O)cc2F)cc1. The first-order valence-corrected chi connectivity index (χ1v) is 5.58. The number of carbonyl (C=O) groups is 1. The highest BCUT2D eigenvalue weighted by Crippen LogP contribution is 2.23. The van der Waals surface area contributed by atoms with Gasteiger partial charge in [0.25, 0.3) is 0 Å². The van der Waals surface area contributed by atoms with Crippen LogP contribution in [-0.2, 0) is 6.42 Å². The van der Waals surface area contributed by atoms with Crippen LogP contribution in [0.2, 0.25) is 0 Å². The van der Waals surface area contributed by atoms with Crippen LogP contribution in [0, 0.1) is 5.82 Å². The van der Waals surface area contributed by atoms with Crippen molar-refractivity contribution in [1.29, 1.82) is 0 Å².